The van der Waals surface area contributed by atoms with Gasteiger partial charge in [-0.05, 0) is 24.1 Å². The van der Waals surface area contributed by atoms with Crippen LogP contribution in [0.2, 0.25) is 0 Å². The van der Waals surface area contributed by atoms with Crippen LogP contribution in [0.4, 0.5) is 0 Å². The maximum Gasteiger partial charge on any atom is 0.279 e. The second-order valence-corrected chi connectivity index (χ2v) is 7.24. The third kappa shape index (κ3) is 4.66. The molecule has 1 aromatic rings. The fourth-order valence-corrected chi connectivity index (χ4v) is 3.49. The second-order valence-electron chi connectivity index (χ2n) is 5.37. The lowest BCUT2D eigenvalue weighted by Crippen LogP contribution is -2.42. The first kappa shape index (κ1) is 17.7. The maximum absolute atomic E-state index is 12.4. The first-order valence-corrected chi connectivity index (χ1v) is 8.99. The highest BCUT2D eigenvalue weighted by atomic mass is 32.2. The van der Waals surface area contributed by atoms with Crippen molar-refractivity contribution in [2.75, 3.05) is 40.3 Å². The van der Waals surface area contributed by atoms with E-state index < -0.39 is 10.2 Å². The molecular weight excluding hydrogens is 318 g/mol. The number of rotatable bonds is 5. The molecule has 1 aliphatic rings. The average Bonchev–Trinajstić information content (AvgIpc) is 2.82. The van der Waals surface area contributed by atoms with Gasteiger partial charge in [-0.25, -0.2) is 4.72 Å². The molecule has 0 atom stereocenters. The third-order valence-corrected chi connectivity index (χ3v) is 5.48. The molecule has 0 unspecified atom stereocenters. The monoisotopic (exact) mass is 341 g/mol. The summed E-state index contributed by atoms with van der Waals surface area (Å²) in [6.45, 7) is 1.73. The van der Waals surface area contributed by atoms with Gasteiger partial charge in [0, 0.05) is 33.2 Å². The number of hydrogen-bond donors (Lipinski definition) is 1. The number of methoxy groups -OCH3 is 1. The molecule has 1 aliphatic heterocycles. The number of nitrogens with one attached hydrogen (secondary N) is 1. The summed E-state index contributed by atoms with van der Waals surface area (Å²) in [6, 6.07) is 7.39. The van der Waals surface area contributed by atoms with Crippen LogP contribution in [0.1, 0.15) is 12.0 Å². The van der Waals surface area contributed by atoms with E-state index in [1.54, 1.807) is 12.0 Å². The van der Waals surface area contributed by atoms with Gasteiger partial charge in [0.25, 0.3) is 10.2 Å². The van der Waals surface area contributed by atoms with Crippen LogP contribution in [0.15, 0.2) is 24.3 Å². The van der Waals surface area contributed by atoms with Crippen LogP contribution < -0.4 is 9.46 Å². The first-order valence-electron chi connectivity index (χ1n) is 7.55. The van der Waals surface area contributed by atoms with Gasteiger partial charge in [0.05, 0.1) is 13.5 Å². The molecule has 0 bridgehead atoms. The molecule has 1 fully saturated rings. The summed E-state index contributed by atoms with van der Waals surface area (Å²) in [5.41, 5.74) is 0.916. The highest BCUT2D eigenvalue weighted by molar-refractivity contribution is 7.87. The molecule has 1 amide bonds. The molecule has 0 aliphatic carbocycles. The molecule has 0 aromatic heterocycles. The molecule has 1 saturated heterocycles. The number of hydrogen-bond acceptors (Lipinski definition) is 4. The summed E-state index contributed by atoms with van der Waals surface area (Å²) in [6.07, 6.45) is 0.942. The number of carbonyl (C=O) groups is 1. The van der Waals surface area contributed by atoms with E-state index in [-0.39, 0.29) is 5.91 Å². The van der Waals surface area contributed by atoms with Crippen LogP contribution in [0.25, 0.3) is 0 Å². The van der Waals surface area contributed by atoms with Gasteiger partial charge in [-0.3, -0.25) is 4.79 Å². The molecule has 2 rings (SSSR count). The number of ether oxygens (including phenoxy) is 1. The Morgan fingerprint density at radius 2 is 1.87 bits per heavy atom. The lowest BCUT2D eigenvalue weighted by atomic mass is 10.1. The van der Waals surface area contributed by atoms with Crippen molar-refractivity contribution in [1.82, 2.24) is 13.9 Å². The Morgan fingerprint density at radius 1 is 1.17 bits per heavy atom. The Morgan fingerprint density at radius 3 is 2.48 bits per heavy atom. The fourth-order valence-electron chi connectivity index (χ4n) is 2.54. The predicted octanol–water partition coefficient (Wildman–Crippen LogP) is 0.236. The van der Waals surface area contributed by atoms with E-state index in [1.807, 2.05) is 24.3 Å². The van der Waals surface area contributed by atoms with Crippen LogP contribution in [0.3, 0.4) is 0 Å². The lowest BCUT2D eigenvalue weighted by molar-refractivity contribution is -0.130. The van der Waals surface area contributed by atoms with E-state index in [0.29, 0.717) is 39.0 Å². The Kier molecular flexibility index (Phi) is 5.97. The van der Waals surface area contributed by atoms with Crippen molar-refractivity contribution in [1.29, 1.82) is 0 Å². The molecule has 128 valence electrons. The van der Waals surface area contributed by atoms with Gasteiger partial charge in [-0.1, -0.05) is 12.1 Å². The zero-order chi connectivity index (χ0) is 16.9. The second kappa shape index (κ2) is 7.76. The molecule has 8 heteroatoms. The van der Waals surface area contributed by atoms with Crippen LogP contribution in [0, 0.1) is 0 Å². The molecule has 1 heterocycles. The molecule has 1 aromatic carbocycles. The van der Waals surface area contributed by atoms with E-state index in [2.05, 4.69) is 4.72 Å². The number of amides is 1. The van der Waals surface area contributed by atoms with Crippen molar-refractivity contribution < 1.29 is 17.9 Å². The molecule has 7 nitrogen and oxygen atoms in total. The van der Waals surface area contributed by atoms with Crippen LogP contribution in [-0.4, -0.2) is 63.9 Å². The van der Waals surface area contributed by atoms with Gasteiger partial charge < -0.3 is 9.64 Å². The summed E-state index contributed by atoms with van der Waals surface area (Å²) >= 11 is 0. The van der Waals surface area contributed by atoms with Crippen LogP contribution in [0.5, 0.6) is 5.75 Å². The largest absolute Gasteiger partial charge is 0.497 e. The summed E-state index contributed by atoms with van der Waals surface area (Å²) < 4.78 is 32.5. The highest BCUT2D eigenvalue weighted by Crippen LogP contribution is 2.13. The summed E-state index contributed by atoms with van der Waals surface area (Å²) in [5.74, 6) is 0.766. The van der Waals surface area contributed by atoms with E-state index in [9.17, 15) is 13.2 Å². The SMILES string of the molecule is CNS(=O)(=O)N1CCCN(C(=O)Cc2ccc(OC)cc2)CC1. The Balaban J connectivity index is 1.95. The van der Waals surface area contributed by atoms with Gasteiger partial charge in [-0.15, -0.1) is 0 Å². The summed E-state index contributed by atoms with van der Waals surface area (Å²) in [4.78, 5) is 14.1. The quantitative estimate of drug-likeness (QED) is 0.832. The van der Waals surface area contributed by atoms with Crippen molar-refractivity contribution in [3.63, 3.8) is 0 Å². The van der Waals surface area contributed by atoms with Crippen LogP contribution >= 0.6 is 0 Å². The summed E-state index contributed by atoms with van der Waals surface area (Å²) in [7, 11) is -0.434. The summed E-state index contributed by atoms with van der Waals surface area (Å²) in [5, 5.41) is 0. The minimum Gasteiger partial charge on any atom is -0.497 e. The van der Waals surface area contributed by atoms with Gasteiger partial charge in [0.15, 0.2) is 0 Å². The van der Waals surface area contributed by atoms with Crippen molar-refractivity contribution >= 4 is 16.1 Å². The van der Waals surface area contributed by atoms with Gasteiger partial charge in [0.2, 0.25) is 5.91 Å². The molecule has 0 radical (unpaired) electrons. The predicted molar refractivity (Wildman–Crippen MR) is 87.4 cm³/mol. The third-order valence-electron chi connectivity index (χ3n) is 3.92. The van der Waals surface area contributed by atoms with Crippen LogP contribution in [-0.2, 0) is 21.4 Å². The molecule has 0 saturated carbocycles. The Labute approximate surface area is 137 Å². The minimum atomic E-state index is -3.43. The first-order chi connectivity index (χ1) is 11.0. The van der Waals surface area contributed by atoms with Gasteiger partial charge in [-0.2, -0.15) is 12.7 Å². The molecule has 23 heavy (non-hydrogen) atoms. The Hall–Kier alpha value is -1.64. The van der Waals surface area contributed by atoms with Crippen molar-refractivity contribution in [3.05, 3.63) is 29.8 Å². The number of benzene rings is 1. The molecule has 0 spiro atoms. The average molecular weight is 341 g/mol. The zero-order valence-corrected chi connectivity index (χ0v) is 14.3. The van der Waals surface area contributed by atoms with E-state index in [1.165, 1.54) is 11.4 Å². The topological polar surface area (TPSA) is 79.0 Å². The van der Waals surface area contributed by atoms with E-state index in [4.69, 9.17) is 4.74 Å². The van der Waals surface area contributed by atoms with Crippen molar-refractivity contribution in [3.8, 4) is 5.75 Å². The van der Waals surface area contributed by atoms with Gasteiger partial charge >= 0.3 is 0 Å². The Bertz CT molecular complexity index is 631. The minimum absolute atomic E-state index is 0.0128. The number of nitrogens with zero attached hydrogens (tertiary/aromatic N) is 2. The lowest BCUT2D eigenvalue weighted by Gasteiger charge is -2.21. The van der Waals surface area contributed by atoms with E-state index in [0.717, 1.165) is 11.3 Å². The normalized spacial score (nSPS) is 16.9. The fraction of sp³-hybridized carbons (Fsp3) is 0.533. The smallest absolute Gasteiger partial charge is 0.279 e. The molecular formula is C15H23N3O4S. The van der Waals surface area contributed by atoms with E-state index >= 15 is 0 Å². The van der Waals surface area contributed by atoms with Crippen molar-refractivity contribution in [2.45, 2.75) is 12.8 Å². The number of carbonyl (C=O) groups excluding carboxylic acids is 1. The highest BCUT2D eigenvalue weighted by Gasteiger charge is 2.25. The zero-order valence-electron chi connectivity index (χ0n) is 13.5. The van der Waals surface area contributed by atoms with Crippen molar-refractivity contribution in [2.24, 2.45) is 0 Å². The standard InChI is InChI=1S/C15H23N3O4S/c1-16-23(20,21)18-9-3-8-17(10-11-18)15(19)12-13-4-6-14(22-2)7-5-13/h4-7,16H,3,8-12H2,1-2H3. The molecule has 1 N–H and O–H groups in total. The van der Waals surface area contributed by atoms with Gasteiger partial charge in [0.1, 0.15) is 5.75 Å². The maximum atomic E-state index is 12.4.